The van der Waals surface area contributed by atoms with Gasteiger partial charge in [-0.05, 0) is 44.9 Å². The molecule has 0 spiro atoms. The third kappa shape index (κ3) is 42.1. The number of carbonyl (C=O) groups is 2. The van der Waals surface area contributed by atoms with Gasteiger partial charge in [0.05, 0.1) is 27.7 Å². The molecule has 330 valence electrons. The average Bonchev–Trinajstić information content (AvgIpc) is 3.15. The Morgan fingerprint density at radius 1 is 0.536 bits per heavy atom. The molecule has 0 radical (unpaired) electrons. The number of hydrogen-bond donors (Lipinski definition) is 0. The topological polar surface area (TPSA) is 111 Å². The molecule has 0 aliphatic heterocycles. The average molecular weight is 814 g/mol. The number of hydrogen-bond acceptors (Lipinski definition) is 8. The smallest absolute Gasteiger partial charge is 0.306 e. The SMILES string of the molecule is CCCCCCCCCCCCCCCC/C=C/CC/C=C/CCCC(=O)O[C@H](COC(=O)CCCCCCCCCCC)COP(=O)([O-])OCC[N+](C)(C)C. The van der Waals surface area contributed by atoms with E-state index < -0.39 is 32.5 Å². The lowest BCUT2D eigenvalue weighted by Gasteiger charge is -2.28. The summed E-state index contributed by atoms with van der Waals surface area (Å²) in [5.41, 5.74) is 0. The lowest BCUT2D eigenvalue weighted by atomic mass is 10.0. The van der Waals surface area contributed by atoms with Crippen molar-refractivity contribution < 1.29 is 42.1 Å². The van der Waals surface area contributed by atoms with Gasteiger partial charge in [-0.2, -0.15) is 0 Å². The van der Waals surface area contributed by atoms with Crippen LogP contribution in [-0.2, 0) is 32.7 Å². The summed E-state index contributed by atoms with van der Waals surface area (Å²) in [4.78, 5) is 37.4. The number of phosphoric ester groups is 1. The van der Waals surface area contributed by atoms with E-state index in [0.29, 0.717) is 17.4 Å². The molecule has 0 saturated heterocycles. The quantitative estimate of drug-likeness (QED) is 0.0197. The largest absolute Gasteiger partial charge is 0.756 e. The van der Waals surface area contributed by atoms with E-state index >= 15 is 0 Å². The maximum Gasteiger partial charge on any atom is 0.306 e. The van der Waals surface area contributed by atoms with Crippen LogP contribution in [0.15, 0.2) is 24.3 Å². The summed E-state index contributed by atoms with van der Waals surface area (Å²) >= 11 is 0. The first-order chi connectivity index (χ1) is 27.0. The minimum atomic E-state index is -4.63. The number of rotatable bonds is 42. The fraction of sp³-hybridized carbons (Fsp3) is 0.870. The van der Waals surface area contributed by atoms with Gasteiger partial charge < -0.3 is 27.9 Å². The Bertz CT molecular complexity index is 1010. The highest BCUT2D eigenvalue weighted by atomic mass is 31.2. The molecule has 0 aliphatic carbocycles. The second-order valence-corrected chi connectivity index (χ2v) is 18.2. The predicted octanol–water partition coefficient (Wildman–Crippen LogP) is 12.5. The van der Waals surface area contributed by atoms with Crippen LogP contribution in [0, 0.1) is 0 Å². The van der Waals surface area contributed by atoms with Crippen molar-refractivity contribution in [1.82, 2.24) is 0 Å². The van der Waals surface area contributed by atoms with Crippen molar-refractivity contribution >= 4 is 19.8 Å². The fourth-order valence-electron chi connectivity index (χ4n) is 6.32. The lowest BCUT2D eigenvalue weighted by Crippen LogP contribution is -2.37. The molecular formula is C46H88NO8P. The number of allylic oxidation sites excluding steroid dienone is 4. The molecule has 0 rings (SSSR count). The van der Waals surface area contributed by atoms with Gasteiger partial charge >= 0.3 is 11.9 Å². The molecular weight excluding hydrogens is 725 g/mol. The molecule has 0 bridgehead atoms. The molecule has 2 atom stereocenters. The zero-order valence-corrected chi connectivity index (χ0v) is 38.0. The molecule has 9 nitrogen and oxygen atoms in total. The van der Waals surface area contributed by atoms with E-state index in [1.807, 2.05) is 21.1 Å². The van der Waals surface area contributed by atoms with Crippen LogP contribution in [-0.4, -0.2) is 70.0 Å². The van der Waals surface area contributed by atoms with Crippen LogP contribution in [0.4, 0.5) is 0 Å². The molecule has 0 aliphatic rings. The van der Waals surface area contributed by atoms with Crippen LogP contribution in [0.5, 0.6) is 0 Å². The van der Waals surface area contributed by atoms with Crippen molar-refractivity contribution in [3.05, 3.63) is 24.3 Å². The molecule has 1 unspecified atom stereocenters. The van der Waals surface area contributed by atoms with E-state index in [1.165, 1.54) is 128 Å². The van der Waals surface area contributed by atoms with E-state index in [9.17, 15) is 19.0 Å². The van der Waals surface area contributed by atoms with Crippen LogP contribution in [0.3, 0.4) is 0 Å². The maximum atomic E-state index is 12.6. The number of quaternary nitrogens is 1. The maximum absolute atomic E-state index is 12.6. The second kappa shape index (κ2) is 39.0. The van der Waals surface area contributed by atoms with Crippen LogP contribution < -0.4 is 4.89 Å². The van der Waals surface area contributed by atoms with E-state index in [2.05, 4.69) is 38.2 Å². The minimum absolute atomic E-state index is 0.0359. The first kappa shape index (κ1) is 54.5. The van der Waals surface area contributed by atoms with Gasteiger partial charge in [0.2, 0.25) is 0 Å². The molecule has 0 aromatic carbocycles. The minimum Gasteiger partial charge on any atom is -0.756 e. The summed E-state index contributed by atoms with van der Waals surface area (Å²) in [7, 11) is 1.15. The Hall–Kier alpha value is -1.51. The van der Waals surface area contributed by atoms with E-state index in [0.717, 1.165) is 44.9 Å². The van der Waals surface area contributed by atoms with E-state index in [4.69, 9.17) is 18.5 Å². The Kier molecular flexibility index (Phi) is 37.9. The molecule has 0 fully saturated rings. The number of likely N-dealkylation sites (N-methyl/N-ethyl adjacent to an activating group) is 1. The highest BCUT2D eigenvalue weighted by Gasteiger charge is 2.21. The van der Waals surface area contributed by atoms with Gasteiger partial charge in [0, 0.05) is 12.8 Å². The molecule has 0 amide bonds. The zero-order chi connectivity index (χ0) is 41.4. The summed E-state index contributed by atoms with van der Waals surface area (Å²) in [5, 5.41) is 0. The zero-order valence-electron chi connectivity index (χ0n) is 37.1. The first-order valence-corrected chi connectivity index (χ1v) is 24.5. The summed E-state index contributed by atoms with van der Waals surface area (Å²) in [6.07, 6.45) is 42.4. The standard InChI is InChI=1S/C46H88NO8P/c1-6-8-10-12-14-16-17-18-19-20-21-22-23-24-25-26-27-28-29-31-33-35-37-39-46(49)55-44(43-54-56(50,51)53-41-40-47(3,4)5)42-52-45(48)38-36-34-32-30-15-13-11-9-7-2/h26-27,31,33,44H,6-25,28-30,32,34-43H2,1-5H3/b27-26+,33-31+/t44-/m1/s1. The monoisotopic (exact) mass is 814 g/mol. The van der Waals surface area contributed by atoms with Gasteiger partial charge in [-0.15, -0.1) is 0 Å². The number of esters is 2. The Morgan fingerprint density at radius 2 is 0.946 bits per heavy atom. The van der Waals surface area contributed by atoms with Crippen LogP contribution >= 0.6 is 7.82 Å². The van der Waals surface area contributed by atoms with Crippen molar-refractivity contribution in [2.75, 3.05) is 47.5 Å². The van der Waals surface area contributed by atoms with Crippen molar-refractivity contribution in [2.45, 2.75) is 213 Å². The van der Waals surface area contributed by atoms with Crippen molar-refractivity contribution in [3.63, 3.8) is 0 Å². The predicted molar refractivity (Wildman–Crippen MR) is 231 cm³/mol. The van der Waals surface area contributed by atoms with Crippen LogP contribution in [0.25, 0.3) is 0 Å². The molecule has 10 heteroatoms. The van der Waals surface area contributed by atoms with Gasteiger partial charge in [-0.3, -0.25) is 14.2 Å². The number of carbonyl (C=O) groups excluding carboxylic acids is 2. The summed E-state index contributed by atoms with van der Waals surface area (Å²) in [6, 6.07) is 0. The molecule has 0 N–H and O–H groups in total. The molecule has 0 aromatic heterocycles. The molecule has 0 saturated carbocycles. The second-order valence-electron chi connectivity index (χ2n) is 16.8. The van der Waals surface area contributed by atoms with Crippen molar-refractivity contribution in [2.24, 2.45) is 0 Å². The normalized spacial score (nSPS) is 13.8. The Labute approximate surface area is 345 Å². The van der Waals surface area contributed by atoms with Crippen LogP contribution in [0.2, 0.25) is 0 Å². The van der Waals surface area contributed by atoms with E-state index in [1.54, 1.807) is 0 Å². The van der Waals surface area contributed by atoms with Crippen molar-refractivity contribution in [3.8, 4) is 0 Å². The van der Waals surface area contributed by atoms with Gasteiger partial charge in [-0.1, -0.05) is 173 Å². The van der Waals surface area contributed by atoms with Crippen LogP contribution in [0.1, 0.15) is 206 Å². The highest BCUT2D eigenvalue weighted by Crippen LogP contribution is 2.38. The fourth-order valence-corrected chi connectivity index (χ4v) is 7.05. The number of nitrogens with zero attached hydrogens (tertiary/aromatic N) is 1. The van der Waals surface area contributed by atoms with Gasteiger partial charge in [0.15, 0.2) is 6.10 Å². The number of ether oxygens (including phenoxy) is 2. The van der Waals surface area contributed by atoms with Crippen molar-refractivity contribution in [1.29, 1.82) is 0 Å². The van der Waals surface area contributed by atoms with Gasteiger partial charge in [0.25, 0.3) is 7.82 Å². The molecule has 0 aromatic rings. The lowest BCUT2D eigenvalue weighted by molar-refractivity contribution is -0.870. The first-order valence-electron chi connectivity index (χ1n) is 23.0. The Morgan fingerprint density at radius 3 is 1.43 bits per heavy atom. The van der Waals surface area contributed by atoms with Gasteiger partial charge in [-0.25, -0.2) is 0 Å². The van der Waals surface area contributed by atoms with Gasteiger partial charge in [0.1, 0.15) is 19.8 Å². The third-order valence-corrected chi connectivity index (χ3v) is 10.9. The number of unbranched alkanes of at least 4 members (excludes halogenated alkanes) is 24. The summed E-state index contributed by atoms with van der Waals surface area (Å²) in [5.74, 6) is -0.881. The molecule has 56 heavy (non-hydrogen) atoms. The molecule has 0 heterocycles. The highest BCUT2D eigenvalue weighted by molar-refractivity contribution is 7.45. The third-order valence-electron chi connectivity index (χ3n) is 9.95. The Balaban J connectivity index is 4.26. The van der Waals surface area contributed by atoms with E-state index in [-0.39, 0.29) is 26.1 Å². The summed E-state index contributed by atoms with van der Waals surface area (Å²) < 4.78 is 33.8. The number of phosphoric acid groups is 1. The summed E-state index contributed by atoms with van der Waals surface area (Å²) in [6.45, 7) is 4.18.